The number of aromatic amines is 1. The van der Waals surface area contributed by atoms with E-state index in [1.165, 1.54) is 28.8 Å². The van der Waals surface area contributed by atoms with Crippen LogP contribution in [0.3, 0.4) is 0 Å². The minimum absolute atomic E-state index is 0.108. The van der Waals surface area contributed by atoms with Gasteiger partial charge < -0.3 is 10.1 Å². The quantitative estimate of drug-likeness (QED) is 0.382. The van der Waals surface area contributed by atoms with Gasteiger partial charge in [0.1, 0.15) is 22.9 Å². The van der Waals surface area contributed by atoms with Crippen LogP contribution in [0, 0.1) is 12.7 Å². The third-order valence-electron chi connectivity index (χ3n) is 5.34. The average Bonchev–Trinajstić information content (AvgIpc) is 3.29. The molecule has 2 aromatic heterocycles. The number of pyridine rings is 1. The lowest BCUT2D eigenvalue weighted by molar-refractivity contribution is 0.102. The first-order valence-corrected chi connectivity index (χ1v) is 10.5. The van der Waals surface area contributed by atoms with Gasteiger partial charge in [-0.2, -0.15) is 5.10 Å². The van der Waals surface area contributed by atoms with Gasteiger partial charge in [-0.1, -0.05) is 18.2 Å². The molecule has 0 aliphatic carbocycles. The maximum absolute atomic E-state index is 13.6. The third kappa shape index (κ3) is 4.04. The van der Waals surface area contributed by atoms with Crippen molar-refractivity contribution in [3.63, 3.8) is 0 Å². The molecule has 3 aromatic carbocycles. The van der Waals surface area contributed by atoms with Crippen molar-refractivity contribution in [3.05, 3.63) is 112 Å². The number of aromatic nitrogens is 3. The number of nitrogens with one attached hydrogen (secondary N) is 2. The SMILES string of the molecule is Cc1cc(Oc2ccc3[nH]ncc3c2)c(C(=O)Nc2ccccc2)c(=O)n1-c1ccc(F)cc1. The van der Waals surface area contributed by atoms with Gasteiger partial charge in [0.05, 0.1) is 11.7 Å². The number of amides is 1. The van der Waals surface area contributed by atoms with E-state index in [1.807, 2.05) is 6.07 Å². The molecule has 2 N–H and O–H groups in total. The van der Waals surface area contributed by atoms with E-state index in [1.54, 1.807) is 61.7 Å². The first-order chi connectivity index (χ1) is 16.5. The Morgan fingerprint density at radius 3 is 2.56 bits per heavy atom. The highest BCUT2D eigenvalue weighted by Crippen LogP contribution is 2.28. The third-order valence-corrected chi connectivity index (χ3v) is 5.34. The largest absolute Gasteiger partial charge is 0.456 e. The number of hydrogen-bond acceptors (Lipinski definition) is 4. The molecule has 0 atom stereocenters. The summed E-state index contributed by atoms with van der Waals surface area (Å²) in [6.45, 7) is 1.72. The average molecular weight is 454 g/mol. The number of rotatable bonds is 5. The summed E-state index contributed by atoms with van der Waals surface area (Å²) in [6.07, 6.45) is 1.66. The molecule has 0 saturated heterocycles. The van der Waals surface area contributed by atoms with E-state index in [9.17, 15) is 14.0 Å². The Kier molecular flexibility index (Phi) is 5.39. The van der Waals surface area contributed by atoms with Crippen LogP contribution in [0.4, 0.5) is 10.1 Å². The minimum Gasteiger partial charge on any atom is -0.456 e. The second kappa shape index (κ2) is 8.67. The first-order valence-electron chi connectivity index (χ1n) is 10.5. The summed E-state index contributed by atoms with van der Waals surface area (Å²) >= 11 is 0. The molecule has 5 aromatic rings. The molecule has 0 radical (unpaired) electrons. The molecular formula is C26H19FN4O3. The fourth-order valence-electron chi connectivity index (χ4n) is 3.73. The van der Waals surface area contributed by atoms with Crippen LogP contribution in [0.15, 0.2) is 89.9 Å². The smallest absolute Gasteiger partial charge is 0.272 e. The Bertz CT molecular complexity index is 1560. The molecule has 0 aliphatic rings. The molecule has 0 unspecified atom stereocenters. The summed E-state index contributed by atoms with van der Waals surface area (Å²) in [5.74, 6) is -0.490. The van der Waals surface area contributed by atoms with E-state index >= 15 is 0 Å². The van der Waals surface area contributed by atoms with E-state index in [0.717, 1.165) is 10.9 Å². The molecule has 34 heavy (non-hydrogen) atoms. The topological polar surface area (TPSA) is 89.0 Å². The van der Waals surface area contributed by atoms with Crippen molar-refractivity contribution < 1.29 is 13.9 Å². The molecule has 7 nitrogen and oxygen atoms in total. The maximum Gasteiger partial charge on any atom is 0.272 e. The van der Waals surface area contributed by atoms with Crippen LogP contribution in [0.1, 0.15) is 16.1 Å². The van der Waals surface area contributed by atoms with Crippen LogP contribution < -0.4 is 15.6 Å². The van der Waals surface area contributed by atoms with Gasteiger partial charge in [-0.25, -0.2) is 4.39 Å². The van der Waals surface area contributed by atoms with E-state index in [-0.39, 0.29) is 11.3 Å². The zero-order valence-electron chi connectivity index (χ0n) is 18.1. The van der Waals surface area contributed by atoms with E-state index < -0.39 is 17.3 Å². The van der Waals surface area contributed by atoms with Crippen LogP contribution in [0.2, 0.25) is 0 Å². The van der Waals surface area contributed by atoms with Gasteiger partial charge >= 0.3 is 0 Å². The summed E-state index contributed by atoms with van der Waals surface area (Å²) in [5, 5.41) is 10.4. The van der Waals surface area contributed by atoms with Crippen molar-refractivity contribution >= 4 is 22.5 Å². The fraction of sp³-hybridized carbons (Fsp3) is 0.0385. The van der Waals surface area contributed by atoms with Gasteiger partial charge in [-0.3, -0.25) is 19.3 Å². The molecule has 0 saturated carbocycles. The van der Waals surface area contributed by atoms with E-state index in [4.69, 9.17) is 4.74 Å². The number of H-pyrrole nitrogens is 1. The normalized spacial score (nSPS) is 10.9. The molecule has 168 valence electrons. The number of hydrogen-bond donors (Lipinski definition) is 2. The zero-order valence-corrected chi connectivity index (χ0v) is 18.1. The minimum atomic E-state index is -0.619. The Balaban J connectivity index is 1.63. The Morgan fingerprint density at radius 1 is 1.03 bits per heavy atom. The second-order valence-corrected chi connectivity index (χ2v) is 7.68. The second-order valence-electron chi connectivity index (χ2n) is 7.68. The summed E-state index contributed by atoms with van der Waals surface area (Å²) in [4.78, 5) is 26.9. The lowest BCUT2D eigenvalue weighted by Gasteiger charge is -2.17. The lowest BCUT2D eigenvalue weighted by Crippen LogP contribution is -2.30. The van der Waals surface area contributed by atoms with Crippen molar-refractivity contribution in [2.45, 2.75) is 6.92 Å². The van der Waals surface area contributed by atoms with Crippen LogP contribution in [0.25, 0.3) is 16.6 Å². The van der Waals surface area contributed by atoms with Gasteiger partial charge in [-0.15, -0.1) is 0 Å². The highest BCUT2D eigenvalue weighted by Gasteiger charge is 2.23. The summed E-state index contributed by atoms with van der Waals surface area (Å²) in [5.41, 5.74) is 1.56. The number of fused-ring (bicyclic) bond motifs is 1. The predicted molar refractivity (Wildman–Crippen MR) is 127 cm³/mol. The molecule has 1 amide bonds. The molecule has 2 heterocycles. The summed E-state index contributed by atoms with van der Waals surface area (Å²) in [6, 6.07) is 21.2. The van der Waals surface area contributed by atoms with E-state index in [0.29, 0.717) is 22.8 Å². The van der Waals surface area contributed by atoms with Crippen molar-refractivity contribution in [1.29, 1.82) is 0 Å². The molecule has 8 heteroatoms. The molecular weight excluding hydrogens is 435 g/mol. The number of halogens is 1. The Labute approximate surface area is 193 Å². The lowest BCUT2D eigenvalue weighted by atomic mass is 10.1. The van der Waals surface area contributed by atoms with Gasteiger partial charge in [0, 0.05) is 28.5 Å². The number of para-hydroxylation sites is 1. The predicted octanol–water partition coefficient (Wildman–Crippen LogP) is 5.21. The number of aryl methyl sites for hydroxylation is 1. The van der Waals surface area contributed by atoms with Crippen LogP contribution in [0.5, 0.6) is 11.5 Å². The highest BCUT2D eigenvalue weighted by atomic mass is 19.1. The Hall–Kier alpha value is -4.72. The maximum atomic E-state index is 13.6. The number of nitrogens with zero attached hydrogens (tertiary/aromatic N) is 2. The fourth-order valence-corrected chi connectivity index (χ4v) is 3.73. The highest BCUT2D eigenvalue weighted by molar-refractivity contribution is 6.06. The molecule has 0 spiro atoms. The summed E-state index contributed by atoms with van der Waals surface area (Å²) in [7, 11) is 0. The first kappa shape index (κ1) is 21.1. The van der Waals surface area contributed by atoms with Crippen molar-refractivity contribution in [1.82, 2.24) is 14.8 Å². The van der Waals surface area contributed by atoms with Crippen LogP contribution in [-0.2, 0) is 0 Å². The van der Waals surface area contributed by atoms with Crippen LogP contribution >= 0.6 is 0 Å². The number of carbonyl (C=O) groups is 1. The Morgan fingerprint density at radius 2 is 1.79 bits per heavy atom. The van der Waals surface area contributed by atoms with E-state index in [2.05, 4.69) is 15.5 Å². The zero-order chi connectivity index (χ0) is 23.7. The number of anilines is 1. The van der Waals surface area contributed by atoms with Crippen LogP contribution in [-0.4, -0.2) is 20.7 Å². The summed E-state index contributed by atoms with van der Waals surface area (Å²) < 4.78 is 20.9. The van der Waals surface area contributed by atoms with Gasteiger partial charge in [0.15, 0.2) is 0 Å². The molecule has 0 aliphatic heterocycles. The monoisotopic (exact) mass is 454 g/mol. The number of benzene rings is 3. The van der Waals surface area contributed by atoms with Crippen molar-refractivity contribution in [2.75, 3.05) is 5.32 Å². The van der Waals surface area contributed by atoms with Crippen molar-refractivity contribution in [2.24, 2.45) is 0 Å². The van der Waals surface area contributed by atoms with Crippen molar-refractivity contribution in [3.8, 4) is 17.2 Å². The van der Waals surface area contributed by atoms with Gasteiger partial charge in [-0.05, 0) is 61.5 Å². The van der Waals surface area contributed by atoms with Gasteiger partial charge in [0.25, 0.3) is 11.5 Å². The van der Waals surface area contributed by atoms with Gasteiger partial charge in [0.2, 0.25) is 0 Å². The molecule has 0 bridgehead atoms. The standard InChI is InChI=1S/C26H19FN4O3/c1-16-13-23(34-21-11-12-22-17(14-21)15-28-30-22)24(25(32)29-19-5-3-2-4-6-19)26(33)31(16)20-9-7-18(27)8-10-20/h2-15H,1H3,(H,28,30)(H,29,32). The molecule has 5 rings (SSSR count). The number of ether oxygens (including phenoxy) is 1. The number of carbonyl (C=O) groups excluding carboxylic acids is 1. The molecule has 0 fully saturated rings.